The van der Waals surface area contributed by atoms with Gasteiger partial charge in [0.15, 0.2) is 5.82 Å². The van der Waals surface area contributed by atoms with Crippen molar-refractivity contribution in [3.63, 3.8) is 0 Å². The maximum Gasteiger partial charge on any atom is 0.255 e. The largest absolute Gasteiger partial charge is 0.382 e. The Morgan fingerprint density at radius 2 is 2.05 bits per heavy atom. The van der Waals surface area contributed by atoms with Gasteiger partial charge in [-0.1, -0.05) is 28.1 Å². The van der Waals surface area contributed by atoms with Crippen LogP contribution < -0.4 is 16.8 Å². The van der Waals surface area contributed by atoms with Crippen molar-refractivity contribution in [2.75, 3.05) is 11.1 Å². The van der Waals surface area contributed by atoms with Gasteiger partial charge in [-0.3, -0.25) is 4.79 Å². The van der Waals surface area contributed by atoms with Crippen molar-refractivity contribution in [3.8, 4) is 0 Å². The molecule has 1 aromatic carbocycles. The molecule has 5 N–H and O–H groups in total. The number of hydrogen-bond donors (Lipinski definition) is 3. The summed E-state index contributed by atoms with van der Waals surface area (Å²) in [7, 11) is 0. The molecule has 1 atom stereocenters. The molecule has 0 fully saturated rings. The topological polar surface area (TPSA) is 94.0 Å². The standard InChI is InChI=1S/C12H13BrN4OS/c1-6(7-2-4-8(13)5-3-7)16-12-9(11(15)18)10(14)17-19-12/h2-6,16H,1H3,(H2,14,17)(H2,15,18). The van der Waals surface area contributed by atoms with E-state index in [0.717, 1.165) is 21.6 Å². The quantitative estimate of drug-likeness (QED) is 0.797. The highest BCUT2D eigenvalue weighted by Crippen LogP contribution is 2.30. The van der Waals surface area contributed by atoms with Crippen LogP contribution in [0.1, 0.15) is 28.9 Å². The predicted molar refractivity (Wildman–Crippen MR) is 81.2 cm³/mol. The van der Waals surface area contributed by atoms with Crippen LogP contribution in [0.4, 0.5) is 10.8 Å². The van der Waals surface area contributed by atoms with E-state index in [9.17, 15) is 4.79 Å². The fraction of sp³-hybridized carbons (Fsp3) is 0.167. The molecule has 1 unspecified atom stereocenters. The minimum Gasteiger partial charge on any atom is -0.382 e. The van der Waals surface area contributed by atoms with E-state index >= 15 is 0 Å². The summed E-state index contributed by atoms with van der Waals surface area (Å²) >= 11 is 4.52. The third kappa shape index (κ3) is 3.05. The van der Waals surface area contributed by atoms with Gasteiger partial charge in [0, 0.05) is 10.5 Å². The van der Waals surface area contributed by atoms with Gasteiger partial charge in [0.1, 0.15) is 10.6 Å². The van der Waals surface area contributed by atoms with Gasteiger partial charge < -0.3 is 16.8 Å². The number of rotatable bonds is 4. The van der Waals surface area contributed by atoms with Gasteiger partial charge in [-0.25, -0.2) is 0 Å². The summed E-state index contributed by atoms with van der Waals surface area (Å²) < 4.78 is 4.96. The molecule has 1 aromatic heterocycles. The molecule has 5 nitrogen and oxygen atoms in total. The predicted octanol–water partition coefficient (Wildman–Crippen LogP) is 2.76. The second kappa shape index (κ2) is 5.58. The Bertz CT molecular complexity index is 596. The van der Waals surface area contributed by atoms with Crippen molar-refractivity contribution in [2.45, 2.75) is 13.0 Å². The molecule has 1 heterocycles. The lowest BCUT2D eigenvalue weighted by Crippen LogP contribution is -2.15. The van der Waals surface area contributed by atoms with Crippen LogP contribution in [0.15, 0.2) is 28.7 Å². The normalized spacial score (nSPS) is 12.1. The van der Waals surface area contributed by atoms with Gasteiger partial charge in [-0.05, 0) is 36.2 Å². The number of nitrogens with two attached hydrogens (primary N) is 2. The summed E-state index contributed by atoms with van der Waals surface area (Å²) in [5.74, 6) is -0.403. The van der Waals surface area contributed by atoms with E-state index in [2.05, 4.69) is 25.6 Å². The zero-order chi connectivity index (χ0) is 14.0. The molecule has 0 aliphatic carbocycles. The maximum atomic E-state index is 11.3. The summed E-state index contributed by atoms with van der Waals surface area (Å²) in [6, 6.07) is 7.94. The van der Waals surface area contributed by atoms with E-state index in [1.807, 2.05) is 31.2 Å². The summed E-state index contributed by atoms with van der Waals surface area (Å²) in [6.07, 6.45) is 0. The van der Waals surface area contributed by atoms with Crippen molar-refractivity contribution in [2.24, 2.45) is 5.73 Å². The zero-order valence-electron chi connectivity index (χ0n) is 10.2. The Balaban J connectivity index is 2.21. The Labute approximate surface area is 123 Å². The van der Waals surface area contributed by atoms with E-state index in [-0.39, 0.29) is 17.4 Å². The van der Waals surface area contributed by atoms with Crippen LogP contribution in [0.25, 0.3) is 0 Å². The first-order valence-electron chi connectivity index (χ1n) is 5.56. The van der Waals surface area contributed by atoms with Gasteiger partial charge in [-0.15, -0.1) is 0 Å². The van der Waals surface area contributed by atoms with Crippen LogP contribution in [-0.2, 0) is 0 Å². The highest BCUT2D eigenvalue weighted by Gasteiger charge is 2.18. The Morgan fingerprint density at radius 1 is 1.42 bits per heavy atom. The number of nitrogens with zero attached hydrogens (tertiary/aromatic N) is 1. The van der Waals surface area contributed by atoms with Crippen LogP contribution in [0.2, 0.25) is 0 Å². The number of anilines is 2. The van der Waals surface area contributed by atoms with E-state index in [1.54, 1.807) is 0 Å². The van der Waals surface area contributed by atoms with Crippen LogP contribution in [0, 0.1) is 0 Å². The average molecular weight is 341 g/mol. The highest BCUT2D eigenvalue weighted by atomic mass is 79.9. The van der Waals surface area contributed by atoms with E-state index < -0.39 is 5.91 Å². The average Bonchev–Trinajstić information content (AvgIpc) is 2.71. The SMILES string of the molecule is CC(Nc1snc(N)c1C(N)=O)c1ccc(Br)cc1. The number of halogens is 1. The number of carbonyl (C=O) groups excluding carboxylic acids is 1. The molecule has 2 aromatic rings. The molecule has 0 spiro atoms. The Kier molecular flexibility index (Phi) is 4.06. The summed E-state index contributed by atoms with van der Waals surface area (Å²) in [5, 5.41) is 3.81. The van der Waals surface area contributed by atoms with Crippen molar-refractivity contribution in [3.05, 3.63) is 39.9 Å². The fourth-order valence-electron chi connectivity index (χ4n) is 1.67. The fourth-order valence-corrected chi connectivity index (χ4v) is 2.74. The Morgan fingerprint density at radius 3 is 2.63 bits per heavy atom. The lowest BCUT2D eigenvalue weighted by Gasteiger charge is -2.14. The number of aromatic nitrogens is 1. The van der Waals surface area contributed by atoms with Crippen molar-refractivity contribution in [1.82, 2.24) is 4.37 Å². The number of nitrogen functional groups attached to an aromatic ring is 1. The number of amides is 1. The number of nitrogens with one attached hydrogen (secondary N) is 1. The van der Waals surface area contributed by atoms with Crippen LogP contribution >= 0.6 is 27.5 Å². The second-order valence-corrected chi connectivity index (χ2v) is 5.74. The van der Waals surface area contributed by atoms with E-state index in [0.29, 0.717) is 5.00 Å². The first kappa shape index (κ1) is 13.8. The zero-order valence-corrected chi connectivity index (χ0v) is 12.6. The van der Waals surface area contributed by atoms with Gasteiger partial charge in [0.2, 0.25) is 0 Å². The molecule has 0 aliphatic rings. The molecule has 0 aliphatic heterocycles. The number of benzene rings is 1. The monoisotopic (exact) mass is 340 g/mol. The Hall–Kier alpha value is -1.60. The molecular weight excluding hydrogens is 328 g/mol. The molecule has 1 amide bonds. The molecule has 7 heteroatoms. The summed E-state index contributed by atoms with van der Waals surface area (Å²) in [5.41, 5.74) is 12.3. The molecule has 2 rings (SSSR count). The lowest BCUT2D eigenvalue weighted by atomic mass is 10.1. The molecule has 0 saturated heterocycles. The maximum absolute atomic E-state index is 11.3. The van der Waals surface area contributed by atoms with Gasteiger partial charge in [0.25, 0.3) is 5.91 Å². The van der Waals surface area contributed by atoms with Gasteiger partial charge in [0.05, 0.1) is 0 Å². The van der Waals surface area contributed by atoms with Crippen LogP contribution in [0.5, 0.6) is 0 Å². The van der Waals surface area contributed by atoms with Crippen molar-refractivity contribution < 1.29 is 4.79 Å². The molecule has 0 radical (unpaired) electrons. The molecular formula is C12H13BrN4OS. The molecule has 19 heavy (non-hydrogen) atoms. The molecule has 0 bridgehead atoms. The number of primary amides is 1. The van der Waals surface area contributed by atoms with Gasteiger partial charge in [-0.2, -0.15) is 4.37 Å². The minimum absolute atomic E-state index is 0.0195. The van der Waals surface area contributed by atoms with Gasteiger partial charge >= 0.3 is 0 Å². The first-order valence-corrected chi connectivity index (χ1v) is 7.12. The van der Waals surface area contributed by atoms with Crippen molar-refractivity contribution >= 4 is 44.2 Å². The summed E-state index contributed by atoms with van der Waals surface area (Å²) in [6.45, 7) is 1.99. The third-order valence-corrected chi connectivity index (χ3v) is 4.00. The van der Waals surface area contributed by atoms with E-state index in [4.69, 9.17) is 11.5 Å². The minimum atomic E-state index is -0.572. The second-order valence-electron chi connectivity index (χ2n) is 4.05. The van der Waals surface area contributed by atoms with E-state index in [1.165, 1.54) is 0 Å². The number of carbonyl (C=O) groups is 1. The third-order valence-electron chi connectivity index (χ3n) is 2.68. The number of hydrogen-bond acceptors (Lipinski definition) is 5. The smallest absolute Gasteiger partial charge is 0.255 e. The van der Waals surface area contributed by atoms with Crippen LogP contribution in [0.3, 0.4) is 0 Å². The van der Waals surface area contributed by atoms with Crippen molar-refractivity contribution in [1.29, 1.82) is 0 Å². The van der Waals surface area contributed by atoms with Crippen LogP contribution in [-0.4, -0.2) is 10.3 Å². The molecule has 0 saturated carbocycles. The summed E-state index contributed by atoms with van der Waals surface area (Å²) in [4.78, 5) is 11.3. The lowest BCUT2D eigenvalue weighted by molar-refractivity contribution is 0.100. The highest BCUT2D eigenvalue weighted by molar-refractivity contribution is 9.10. The molecule has 100 valence electrons. The first-order chi connectivity index (χ1) is 8.99.